The Labute approximate surface area is 120 Å². The van der Waals surface area contributed by atoms with Crippen molar-refractivity contribution in [3.05, 3.63) is 29.8 Å². The number of sulfonamides is 1. The van der Waals surface area contributed by atoms with Crippen molar-refractivity contribution in [3.8, 4) is 0 Å². The molecule has 0 aromatic heterocycles. The molecule has 1 aromatic carbocycles. The molecule has 1 aliphatic carbocycles. The average Bonchev–Trinajstić information content (AvgIpc) is 2.84. The van der Waals surface area contributed by atoms with E-state index in [2.05, 4.69) is 11.6 Å². The molecule has 0 amide bonds. The lowest BCUT2D eigenvalue weighted by Crippen LogP contribution is -2.34. The van der Waals surface area contributed by atoms with Crippen LogP contribution in [0.5, 0.6) is 0 Å². The summed E-state index contributed by atoms with van der Waals surface area (Å²) < 4.78 is 27.4. The van der Waals surface area contributed by atoms with Gasteiger partial charge in [-0.15, -0.1) is 11.6 Å². The van der Waals surface area contributed by atoms with Gasteiger partial charge in [-0.1, -0.05) is 38.0 Å². The lowest BCUT2D eigenvalue weighted by atomic mass is 9.89. The van der Waals surface area contributed by atoms with Crippen molar-refractivity contribution < 1.29 is 8.42 Å². The standard InChI is InChI=1S/C14H20ClNO2S/c1-14(8-4-5-9-14)11-16-19(17,18)13-7-3-2-6-12(13)10-15/h2-3,6-7,16H,4-5,8-11H2,1H3. The second-order valence-electron chi connectivity index (χ2n) is 5.58. The fourth-order valence-corrected chi connectivity index (χ4v) is 4.38. The lowest BCUT2D eigenvalue weighted by molar-refractivity contribution is 0.336. The number of benzene rings is 1. The summed E-state index contributed by atoms with van der Waals surface area (Å²) >= 11 is 5.80. The maximum absolute atomic E-state index is 12.3. The Morgan fingerprint density at radius 3 is 2.53 bits per heavy atom. The van der Waals surface area contributed by atoms with E-state index in [1.165, 1.54) is 12.8 Å². The first-order valence-corrected chi connectivity index (χ1v) is 8.62. The molecule has 19 heavy (non-hydrogen) atoms. The minimum atomic E-state index is -3.46. The van der Waals surface area contributed by atoms with Crippen LogP contribution < -0.4 is 4.72 Å². The molecular weight excluding hydrogens is 282 g/mol. The van der Waals surface area contributed by atoms with Crippen molar-refractivity contribution in [2.75, 3.05) is 6.54 Å². The maximum atomic E-state index is 12.3. The molecule has 1 aromatic rings. The molecule has 1 N–H and O–H groups in total. The lowest BCUT2D eigenvalue weighted by Gasteiger charge is -2.23. The summed E-state index contributed by atoms with van der Waals surface area (Å²) in [6, 6.07) is 6.88. The summed E-state index contributed by atoms with van der Waals surface area (Å²) in [4.78, 5) is 0.298. The summed E-state index contributed by atoms with van der Waals surface area (Å²) in [5.41, 5.74) is 0.747. The van der Waals surface area contributed by atoms with Crippen LogP contribution in [0.2, 0.25) is 0 Å². The molecule has 0 saturated heterocycles. The highest BCUT2D eigenvalue weighted by molar-refractivity contribution is 7.89. The highest BCUT2D eigenvalue weighted by Gasteiger charge is 2.30. The molecular formula is C14H20ClNO2S. The fraction of sp³-hybridized carbons (Fsp3) is 0.571. The zero-order valence-electron chi connectivity index (χ0n) is 11.2. The summed E-state index contributed by atoms with van der Waals surface area (Å²) in [5, 5.41) is 0. The predicted molar refractivity (Wildman–Crippen MR) is 77.8 cm³/mol. The van der Waals surface area contributed by atoms with Crippen LogP contribution in [-0.4, -0.2) is 15.0 Å². The highest BCUT2D eigenvalue weighted by Crippen LogP contribution is 2.37. The molecule has 0 radical (unpaired) electrons. The third kappa shape index (κ3) is 3.50. The zero-order valence-corrected chi connectivity index (χ0v) is 12.7. The molecule has 0 bridgehead atoms. The van der Waals surface area contributed by atoms with Gasteiger partial charge in [0.05, 0.1) is 4.90 Å². The third-order valence-electron chi connectivity index (χ3n) is 3.91. The van der Waals surface area contributed by atoms with Crippen LogP contribution in [0.15, 0.2) is 29.2 Å². The van der Waals surface area contributed by atoms with Gasteiger partial charge in [-0.25, -0.2) is 13.1 Å². The van der Waals surface area contributed by atoms with Crippen LogP contribution in [0, 0.1) is 5.41 Å². The molecule has 1 aliphatic rings. The molecule has 0 heterocycles. The molecule has 0 unspecified atom stereocenters. The van der Waals surface area contributed by atoms with Gasteiger partial charge in [0.25, 0.3) is 0 Å². The van der Waals surface area contributed by atoms with Crippen LogP contribution in [-0.2, 0) is 15.9 Å². The molecule has 1 fully saturated rings. The van der Waals surface area contributed by atoms with E-state index < -0.39 is 10.0 Å². The monoisotopic (exact) mass is 301 g/mol. The first-order valence-electron chi connectivity index (χ1n) is 6.60. The van der Waals surface area contributed by atoms with E-state index in [0.29, 0.717) is 17.0 Å². The van der Waals surface area contributed by atoms with Gasteiger partial charge >= 0.3 is 0 Å². The Hall–Kier alpha value is -0.580. The summed E-state index contributed by atoms with van der Waals surface area (Å²) in [6.45, 7) is 2.65. The molecule has 0 spiro atoms. The minimum Gasteiger partial charge on any atom is -0.211 e. The predicted octanol–water partition coefficient (Wildman–Crippen LogP) is 3.28. The van der Waals surface area contributed by atoms with Gasteiger partial charge in [-0.05, 0) is 29.9 Å². The Kier molecular flexibility index (Phi) is 4.54. The van der Waals surface area contributed by atoms with Crippen molar-refractivity contribution in [2.24, 2.45) is 5.41 Å². The Morgan fingerprint density at radius 2 is 1.89 bits per heavy atom. The molecule has 5 heteroatoms. The smallest absolute Gasteiger partial charge is 0.211 e. The summed E-state index contributed by atoms with van der Waals surface area (Å²) in [7, 11) is -3.46. The van der Waals surface area contributed by atoms with Gasteiger partial charge in [-0.3, -0.25) is 0 Å². The van der Waals surface area contributed by atoms with E-state index in [4.69, 9.17) is 11.6 Å². The topological polar surface area (TPSA) is 46.2 Å². The van der Waals surface area contributed by atoms with Gasteiger partial charge in [-0.2, -0.15) is 0 Å². The molecule has 0 atom stereocenters. The Bertz CT molecular complexity index is 536. The van der Waals surface area contributed by atoms with Crippen LogP contribution in [0.25, 0.3) is 0 Å². The number of halogens is 1. The van der Waals surface area contributed by atoms with E-state index in [1.54, 1.807) is 24.3 Å². The number of alkyl halides is 1. The summed E-state index contributed by atoms with van der Waals surface area (Å²) in [6.07, 6.45) is 4.56. The molecule has 106 valence electrons. The Balaban J connectivity index is 2.14. The van der Waals surface area contributed by atoms with Gasteiger partial charge in [0.2, 0.25) is 10.0 Å². The molecule has 2 rings (SSSR count). The molecule has 0 aliphatic heterocycles. The van der Waals surface area contributed by atoms with Crippen LogP contribution >= 0.6 is 11.6 Å². The van der Waals surface area contributed by atoms with E-state index in [1.807, 2.05) is 0 Å². The summed E-state index contributed by atoms with van der Waals surface area (Å²) in [5.74, 6) is 0.203. The second-order valence-corrected chi connectivity index (χ2v) is 7.59. The molecule has 1 saturated carbocycles. The maximum Gasteiger partial charge on any atom is 0.240 e. The third-order valence-corrected chi connectivity index (χ3v) is 5.70. The number of hydrogen-bond acceptors (Lipinski definition) is 2. The largest absolute Gasteiger partial charge is 0.240 e. The van der Waals surface area contributed by atoms with Crippen molar-refractivity contribution in [1.29, 1.82) is 0 Å². The first kappa shape index (κ1) is 14.8. The van der Waals surface area contributed by atoms with Gasteiger partial charge in [0.15, 0.2) is 0 Å². The number of hydrogen-bond donors (Lipinski definition) is 1. The van der Waals surface area contributed by atoms with E-state index in [-0.39, 0.29) is 11.3 Å². The fourth-order valence-electron chi connectivity index (χ4n) is 2.63. The van der Waals surface area contributed by atoms with Gasteiger partial charge in [0.1, 0.15) is 0 Å². The normalized spacial score (nSPS) is 18.6. The van der Waals surface area contributed by atoms with Crippen LogP contribution in [0.1, 0.15) is 38.2 Å². The van der Waals surface area contributed by atoms with E-state index >= 15 is 0 Å². The van der Waals surface area contributed by atoms with Crippen molar-refractivity contribution in [1.82, 2.24) is 4.72 Å². The minimum absolute atomic E-state index is 0.100. The SMILES string of the molecule is CC1(CNS(=O)(=O)c2ccccc2CCl)CCCC1. The number of rotatable bonds is 5. The van der Waals surface area contributed by atoms with Crippen LogP contribution in [0.3, 0.4) is 0 Å². The zero-order chi connectivity index (χ0) is 13.9. The van der Waals surface area contributed by atoms with Crippen molar-refractivity contribution in [2.45, 2.75) is 43.4 Å². The van der Waals surface area contributed by atoms with E-state index in [9.17, 15) is 8.42 Å². The highest BCUT2D eigenvalue weighted by atomic mass is 35.5. The van der Waals surface area contributed by atoms with Gasteiger partial charge < -0.3 is 0 Å². The second kappa shape index (κ2) is 5.81. The van der Waals surface area contributed by atoms with E-state index in [0.717, 1.165) is 12.8 Å². The van der Waals surface area contributed by atoms with Gasteiger partial charge in [0, 0.05) is 12.4 Å². The molecule has 3 nitrogen and oxygen atoms in total. The quantitative estimate of drug-likeness (QED) is 0.848. The van der Waals surface area contributed by atoms with Crippen molar-refractivity contribution in [3.63, 3.8) is 0 Å². The number of nitrogens with one attached hydrogen (secondary N) is 1. The van der Waals surface area contributed by atoms with Crippen LogP contribution in [0.4, 0.5) is 0 Å². The average molecular weight is 302 g/mol. The van der Waals surface area contributed by atoms with Crippen molar-refractivity contribution >= 4 is 21.6 Å². The Morgan fingerprint density at radius 1 is 1.26 bits per heavy atom. The first-order chi connectivity index (χ1) is 8.97.